The zero-order valence-electron chi connectivity index (χ0n) is 14.0. The molecular formula is C17H23N3O3S. The maximum atomic E-state index is 12.0. The highest BCUT2D eigenvalue weighted by atomic mass is 32.2. The standard InChI is InChI=1S/C17H23N3O3S/c1-19(2)24(22,23)12-14-9-20(11-17(14)21)10-15-8-7-13-5-3-4-6-16(13)18-15/h3-8,14,17,21H,9-12H2,1-2H3/t14-,17-/m0/s1. The summed E-state index contributed by atoms with van der Waals surface area (Å²) < 4.78 is 25.3. The number of hydrogen-bond donors (Lipinski definition) is 1. The van der Waals surface area contributed by atoms with Gasteiger partial charge in [-0.15, -0.1) is 0 Å². The number of pyridine rings is 1. The molecular weight excluding hydrogens is 326 g/mol. The summed E-state index contributed by atoms with van der Waals surface area (Å²) in [5, 5.41) is 11.3. The van der Waals surface area contributed by atoms with E-state index in [0.717, 1.165) is 16.6 Å². The lowest BCUT2D eigenvalue weighted by molar-refractivity contribution is 0.148. The molecule has 1 aromatic heterocycles. The van der Waals surface area contributed by atoms with Crippen LogP contribution in [-0.4, -0.2) is 66.8 Å². The Labute approximate surface area is 142 Å². The minimum absolute atomic E-state index is 0.0250. The van der Waals surface area contributed by atoms with E-state index >= 15 is 0 Å². The lowest BCUT2D eigenvalue weighted by Gasteiger charge is -2.18. The summed E-state index contributed by atoms with van der Waals surface area (Å²) in [6, 6.07) is 12.0. The van der Waals surface area contributed by atoms with E-state index in [4.69, 9.17) is 0 Å². The van der Waals surface area contributed by atoms with Crippen LogP contribution < -0.4 is 0 Å². The summed E-state index contributed by atoms with van der Waals surface area (Å²) in [5.74, 6) is -0.291. The van der Waals surface area contributed by atoms with E-state index in [1.807, 2.05) is 36.4 Å². The summed E-state index contributed by atoms with van der Waals surface area (Å²) in [4.78, 5) is 6.71. The number of likely N-dealkylation sites (tertiary alicyclic amines) is 1. The molecule has 0 bridgehead atoms. The minimum atomic E-state index is -3.31. The molecule has 0 saturated carbocycles. The molecule has 7 heteroatoms. The molecule has 1 N–H and O–H groups in total. The first-order chi connectivity index (χ1) is 11.3. The monoisotopic (exact) mass is 349 g/mol. The SMILES string of the molecule is CN(C)S(=O)(=O)C[C@@H]1CN(Cc2ccc3ccccc3n2)C[C@@H]1O. The molecule has 2 heterocycles. The Morgan fingerprint density at radius 2 is 1.96 bits per heavy atom. The third kappa shape index (κ3) is 3.75. The van der Waals surface area contributed by atoms with Gasteiger partial charge in [-0.1, -0.05) is 24.3 Å². The van der Waals surface area contributed by atoms with E-state index in [2.05, 4.69) is 9.88 Å². The first-order valence-electron chi connectivity index (χ1n) is 8.00. The second-order valence-corrected chi connectivity index (χ2v) is 8.81. The number of hydrogen-bond acceptors (Lipinski definition) is 5. The van der Waals surface area contributed by atoms with E-state index in [9.17, 15) is 13.5 Å². The zero-order chi connectivity index (χ0) is 17.3. The Bertz CT molecular complexity index is 823. The molecule has 0 radical (unpaired) electrons. The summed E-state index contributed by atoms with van der Waals surface area (Å²) in [5.41, 5.74) is 1.87. The van der Waals surface area contributed by atoms with Gasteiger partial charge >= 0.3 is 0 Å². The van der Waals surface area contributed by atoms with E-state index in [-0.39, 0.29) is 11.7 Å². The number of fused-ring (bicyclic) bond motifs is 1. The van der Waals surface area contributed by atoms with E-state index in [0.29, 0.717) is 19.6 Å². The number of aromatic nitrogens is 1. The Kier molecular flexibility index (Phi) is 4.87. The summed E-state index contributed by atoms with van der Waals surface area (Å²) in [6.07, 6.45) is -0.625. The number of β-amino-alcohol motifs (C(OH)–C–C–N with tert-alkyl or cyclic N) is 1. The number of aliphatic hydroxyl groups excluding tert-OH is 1. The summed E-state index contributed by atoms with van der Waals surface area (Å²) in [7, 11) is -0.266. The van der Waals surface area contributed by atoms with Crippen LogP contribution in [0.5, 0.6) is 0 Å². The van der Waals surface area contributed by atoms with Gasteiger partial charge in [0.25, 0.3) is 0 Å². The third-order valence-electron chi connectivity index (χ3n) is 4.50. The van der Waals surface area contributed by atoms with Crippen LogP contribution in [0.25, 0.3) is 10.9 Å². The zero-order valence-corrected chi connectivity index (χ0v) is 14.8. The molecule has 1 aliphatic rings. The van der Waals surface area contributed by atoms with Crippen LogP contribution in [-0.2, 0) is 16.6 Å². The fourth-order valence-electron chi connectivity index (χ4n) is 3.08. The quantitative estimate of drug-likeness (QED) is 0.869. The van der Waals surface area contributed by atoms with Crippen molar-refractivity contribution in [1.29, 1.82) is 0 Å². The van der Waals surface area contributed by atoms with Crippen molar-refractivity contribution in [1.82, 2.24) is 14.2 Å². The normalized spacial score (nSPS) is 22.5. The van der Waals surface area contributed by atoms with Crippen LogP contribution >= 0.6 is 0 Å². The molecule has 1 aromatic carbocycles. The van der Waals surface area contributed by atoms with Crippen LogP contribution in [0.4, 0.5) is 0 Å². The molecule has 1 saturated heterocycles. The second-order valence-electron chi connectivity index (χ2n) is 6.58. The Hall–Kier alpha value is -1.54. The van der Waals surface area contributed by atoms with Gasteiger partial charge in [0, 0.05) is 45.0 Å². The van der Waals surface area contributed by atoms with Crippen LogP contribution in [0.2, 0.25) is 0 Å². The first kappa shape index (κ1) is 17.3. The predicted octanol–water partition coefficient (Wildman–Crippen LogP) is 0.919. The van der Waals surface area contributed by atoms with Crippen LogP contribution in [0.15, 0.2) is 36.4 Å². The smallest absolute Gasteiger partial charge is 0.214 e. The molecule has 1 aliphatic heterocycles. The van der Waals surface area contributed by atoms with Crippen molar-refractivity contribution in [3.05, 3.63) is 42.1 Å². The average molecular weight is 349 g/mol. The van der Waals surface area contributed by atoms with E-state index in [1.54, 1.807) is 0 Å². The summed E-state index contributed by atoms with van der Waals surface area (Å²) in [6.45, 7) is 1.64. The predicted molar refractivity (Wildman–Crippen MR) is 94.0 cm³/mol. The largest absolute Gasteiger partial charge is 0.391 e. The van der Waals surface area contributed by atoms with Crippen molar-refractivity contribution < 1.29 is 13.5 Å². The molecule has 0 spiro atoms. The number of benzene rings is 1. The highest BCUT2D eigenvalue weighted by Crippen LogP contribution is 2.22. The van der Waals surface area contributed by atoms with Crippen LogP contribution in [0.3, 0.4) is 0 Å². The molecule has 2 aromatic rings. The lowest BCUT2D eigenvalue weighted by Crippen LogP contribution is -2.33. The van der Waals surface area contributed by atoms with Gasteiger partial charge in [-0.25, -0.2) is 12.7 Å². The molecule has 6 nitrogen and oxygen atoms in total. The van der Waals surface area contributed by atoms with Gasteiger partial charge in [-0.3, -0.25) is 9.88 Å². The minimum Gasteiger partial charge on any atom is -0.391 e. The topological polar surface area (TPSA) is 73.7 Å². The fourth-order valence-corrected chi connectivity index (χ4v) is 4.25. The van der Waals surface area contributed by atoms with Gasteiger partial charge in [0.2, 0.25) is 10.0 Å². The molecule has 0 amide bonds. The average Bonchev–Trinajstić information content (AvgIpc) is 2.86. The number of rotatable bonds is 5. The first-order valence-corrected chi connectivity index (χ1v) is 9.61. The van der Waals surface area contributed by atoms with E-state index in [1.165, 1.54) is 18.4 Å². The van der Waals surface area contributed by atoms with Gasteiger partial charge in [0.05, 0.1) is 23.1 Å². The van der Waals surface area contributed by atoms with Crippen molar-refractivity contribution in [2.24, 2.45) is 5.92 Å². The molecule has 3 rings (SSSR count). The van der Waals surface area contributed by atoms with Crippen LogP contribution in [0, 0.1) is 5.92 Å². The number of aliphatic hydroxyl groups is 1. The number of sulfonamides is 1. The molecule has 0 aliphatic carbocycles. The maximum absolute atomic E-state index is 12.0. The third-order valence-corrected chi connectivity index (χ3v) is 6.47. The van der Waals surface area contributed by atoms with Crippen molar-refractivity contribution in [2.75, 3.05) is 32.9 Å². The highest BCUT2D eigenvalue weighted by molar-refractivity contribution is 7.89. The lowest BCUT2D eigenvalue weighted by atomic mass is 10.1. The summed E-state index contributed by atoms with van der Waals surface area (Å²) >= 11 is 0. The second kappa shape index (κ2) is 6.76. The molecule has 24 heavy (non-hydrogen) atoms. The van der Waals surface area contributed by atoms with Gasteiger partial charge in [0.1, 0.15) is 0 Å². The van der Waals surface area contributed by atoms with Crippen molar-refractivity contribution in [2.45, 2.75) is 12.6 Å². The van der Waals surface area contributed by atoms with Crippen LogP contribution in [0.1, 0.15) is 5.69 Å². The molecule has 2 atom stereocenters. The van der Waals surface area contributed by atoms with Crippen molar-refractivity contribution in [3.8, 4) is 0 Å². The molecule has 0 unspecified atom stereocenters. The Balaban J connectivity index is 1.68. The van der Waals surface area contributed by atoms with E-state index < -0.39 is 16.1 Å². The van der Waals surface area contributed by atoms with Crippen molar-refractivity contribution in [3.63, 3.8) is 0 Å². The van der Waals surface area contributed by atoms with Gasteiger partial charge in [0.15, 0.2) is 0 Å². The van der Waals surface area contributed by atoms with Gasteiger partial charge in [-0.05, 0) is 12.1 Å². The van der Waals surface area contributed by atoms with Gasteiger partial charge < -0.3 is 5.11 Å². The highest BCUT2D eigenvalue weighted by Gasteiger charge is 2.35. The van der Waals surface area contributed by atoms with Crippen molar-refractivity contribution >= 4 is 20.9 Å². The molecule has 1 fully saturated rings. The van der Waals surface area contributed by atoms with Gasteiger partial charge in [-0.2, -0.15) is 0 Å². The fraction of sp³-hybridized carbons (Fsp3) is 0.471. The number of para-hydroxylation sites is 1. The Morgan fingerprint density at radius 3 is 2.71 bits per heavy atom. The Morgan fingerprint density at radius 1 is 1.21 bits per heavy atom. The number of nitrogens with zero attached hydrogens (tertiary/aromatic N) is 3. The maximum Gasteiger partial charge on any atom is 0.214 e. The molecule has 130 valence electrons.